The van der Waals surface area contributed by atoms with Crippen molar-refractivity contribution in [2.45, 2.75) is 46.5 Å². The number of hydrogen-bond acceptors (Lipinski definition) is 6. The Morgan fingerprint density at radius 3 is 2.50 bits per heavy atom. The molecule has 1 aliphatic heterocycles. The van der Waals surface area contributed by atoms with Crippen molar-refractivity contribution in [3.63, 3.8) is 0 Å². The SMILES string of the molecule is CCN(C)c1cc(Cc2nc(N3CCC(Cc4ccncc4)CC3)nc3ncn(C)c23)c(C)cc1C. The largest absolute Gasteiger partial charge is 0.375 e. The predicted molar refractivity (Wildman–Crippen MR) is 147 cm³/mol. The summed E-state index contributed by atoms with van der Waals surface area (Å²) in [6.07, 6.45) is 9.80. The van der Waals surface area contributed by atoms with Gasteiger partial charge in [0.05, 0.1) is 12.0 Å². The van der Waals surface area contributed by atoms with Crippen molar-refractivity contribution in [1.82, 2.24) is 24.5 Å². The van der Waals surface area contributed by atoms with Crippen LogP contribution in [0.5, 0.6) is 0 Å². The third-order valence-corrected chi connectivity index (χ3v) is 7.70. The van der Waals surface area contributed by atoms with E-state index in [0.717, 1.165) is 68.1 Å². The molecule has 0 unspecified atom stereocenters. The lowest BCUT2D eigenvalue weighted by Crippen LogP contribution is -2.35. The average Bonchev–Trinajstić information content (AvgIpc) is 3.27. The van der Waals surface area contributed by atoms with Crippen LogP contribution in [-0.4, -0.2) is 51.2 Å². The average molecular weight is 484 g/mol. The summed E-state index contributed by atoms with van der Waals surface area (Å²) in [6.45, 7) is 9.51. The zero-order valence-corrected chi connectivity index (χ0v) is 22.2. The van der Waals surface area contributed by atoms with Gasteiger partial charge in [0, 0.05) is 58.2 Å². The van der Waals surface area contributed by atoms with E-state index >= 15 is 0 Å². The summed E-state index contributed by atoms with van der Waals surface area (Å²) in [5.74, 6) is 1.50. The third-order valence-electron chi connectivity index (χ3n) is 7.70. The number of benzene rings is 1. The van der Waals surface area contributed by atoms with Gasteiger partial charge in [-0.3, -0.25) is 4.98 Å². The third kappa shape index (κ3) is 4.92. The van der Waals surface area contributed by atoms with E-state index in [9.17, 15) is 0 Å². The topological polar surface area (TPSA) is 63.0 Å². The van der Waals surface area contributed by atoms with Crippen molar-refractivity contribution >= 4 is 22.8 Å². The smallest absolute Gasteiger partial charge is 0.227 e. The van der Waals surface area contributed by atoms with Crippen LogP contribution in [-0.2, 0) is 19.9 Å². The monoisotopic (exact) mass is 483 g/mol. The van der Waals surface area contributed by atoms with Crippen LogP contribution in [0.2, 0.25) is 0 Å². The number of imidazole rings is 1. The Bertz CT molecular complexity index is 1340. The molecule has 1 saturated heterocycles. The van der Waals surface area contributed by atoms with Crippen LogP contribution in [0.4, 0.5) is 11.6 Å². The molecular weight excluding hydrogens is 446 g/mol. The molecule has 3 aromatic heterocycles. The van der Waals surface area contributed by atoms with Gasteiger partial charge in [0.25, 0.3) is 0 Å². The number of aromatic nitrogens is 5. The van der Waals surface area contributed by atoms with Crippen LogP contribution in [0, 0.1) is 19.8 Å². The van der Waals surface area contributed by atoms with Gasteiger partial charge >= 0.3 is 0 Å². The fourth-order valence-corrected chi connectivity index (χ4v) is 5.42. The Hall–Kier alpha value is -3.48. The number of rotatable bonds is 7. The number of anilines is 2. The predicted octanol–water partition coefficient (Wildman–Crippen LogP) is 4.88. The standard InChI is InChI=1S/C29H37N7/c1-6-34(4)26-18-24(20(2)15-21(26)3)17-25-27-28(31-19-35(27)5)33-29(32-25)36-13-9-23(10-14-36)16-22-7-11-30-12-8-22/h7-8,11-12,15,18-19,23H,6,9-10,13-14,16-17H2,1-5H3. The van der Waals surface area contributed by atoms with E-state index < -0.39 is 0 Å². The highest BCUT2D eigenvalue weighted by Gasteiger charge is 2.23. The maximum atomic E-state index is 5.15. The van der Waals surface area contributed by atoms with E-state index in [1.54, 1.807) is 0 Å². The van der Waals surface area contributed by atoms with Gasteiger partial charge in [0.15, 0.2) is 5.65 Å². The Balaban J connectivity index is 1.41. The molecule has 36 heavy (non-hydrogen) atoms. The summed E-state index contributed by atoms with van der Waals surface area (Å²) in [4.78, 5) is 23.5. The van der Waals surface area contributed by atoms with Crippen LogP contribution in [0.25, 0.3) is 11.2 Å². The second kappa shape index (κ2) is 10.2. The Labute approximate surface area is 214 Å². The molecule has 0 bridgehead atoms. The highest BCUT2D eigenvalue weighted by molar-refractivity contribution is 5.76. The first-order chi connectivity index (χ1) is 17.4. The van der Waals surface area contributed by atoms with E-state index in [0.29, 0.717) is 5.92 Å². The molecule has 5 rings (SSSR count). The van der Waals surface area contributed by atoms with Crippen LogP contribution in [0.15, 0.2) is 43.0 Å². The second-order valence-electron chi connectivity index (χ2n) is 10.2. The van der Waals surface area contributed by atoms with Crippen molar-refractivity contribution in [3.8, 4) is 0 Å². The van der Waals surface area contributed by atoms with Gasteiger partial charge in [0.1, 0.15) is 5.52 Å². The summed E-state index contributed by atoms with van der Waals surface area (Å²) in [5.41, 5.74) is 9.43. The maximum Gasteiger partial charge on any atom is 0.227 e. The lowest BCUT2D eigenvalue weighted by Gasteiger charge is -2.32. The molecule has 0 atom stereocenters. The zero-order chi connectivity index (χ0) is 25.2. The van der Waals surface area contributed by atoms with Gasteiger partial charge in [-0.2, -0.15) is 4.98 Å². The van der Waals surface area contributed by atoms with Crippen molar-refractivity contribution in [2.24, 2.45) is 13.0 Å². The Morgan fingerprint density at radius 1 is 1.03 bits per heavy atom. The second-order valence-corrected chi connectivity index (χ2v) is 10.2. The molecule has 188 valence electrons. The van der Waals surface area contributed by atoms with Gasteiger partial charge in [0.2, 0.25) is 5.95 Å². The van der Waals surface area contributed by atoms with Crippen LogP contribution < -0.4 is 9.80 Å². The minimum Gasteiger partial charge on any atom is -0.375 e. The molecule has 1 fully saturated rings. The van der Waals surface area contributed by atoms with Gasteiger partial charge in [-0.25, -0.2) is 9.97 Å². The number of aryl methyl sites for hydroxylation is 3. The van der Waals surface area contributed by atoms with E-state index in [1.807, 2.05) is 25.8 Å². The van der Waals surface area contributed by atoms with E-state index in [1.165, 1.54) is 27.9 Å². The van der Waals surface area contributed by atoms with E-state index in [2.05, 4.69) is 76.4 Å². The number of piperidine rings is 1. The van der Waals surface area contributed by atoms with Crippen molar-refractivity contribution < 1.29 is 0 Å². The summed E-state index contributed by atoms with van der Waals surface area (Å²) in [7, 11) is 4.19. The summed E-state index contributed by atoms with van der Waals surface area (Å²) >= 11 is 0. The highest BCUT2D eigenvalue weighted by Crippen LogP contribution is 2.29. The minimum absolute atomic E-state index is 0.686. The lowest BCUT2D eigenvalue weighted by molar-refractivity contribution is 0.400. The van der Waals surface area contributed by atoms with Crippen molar-refractivity contribution in [2.75, 3.05) is 36.5 Å². The maximum absolute atomic E-state index is 5.15. The molecule has 0 amide bonds. The normalized spacial score (nSPS) is 14.5. The molecule has 0 N–H and O–H groups in total. The summed E-state index contributed by atoms with van der Waals surface area (Å²) < 4.78 is 2.05. The fourth-order valence-electron chi connectivity index (χ4n) is 5.42. The molecule has 4 aromatic rings. The lowest BCUT2D eigenvalue weighted by atomic mass is 9.90. The van der Waals surface area contributed by atoms with Gasteiger partial charge in [-0.05, 0) is 86.4 Å². The first kappa shape index (κ1) is 24.2. The van der Waals surface area contributed by atoms with Gasteiger partial charge in [-0.15, -0.1) is 0 Å². The first-order valence-electron chi connectivity index (χ1n) is 13.1. The molecule has 4 heterocycles. The molecule has 0 aliphatic carbocycles. The van der Waals surface area contributed by atoms with Crippen LogP contribution in [0.1, 0.15) is 47.7 Å². The fraction of sp³-hybridized carbons (Fsp3) is 0.448. The number of fused-ring (bicyclic) bond motifs is 1. The van der Waals surface area contributed by atoms with Crippen molar-refractivity contribution in [3.05, 3.63) is 70.9 Å². The molecule has 1 aliphatic rings. The van der Waals surface area contributed by atoms with Gasteiger partial charge in [-0.1, -0.05) is 6.07 Å². The van der Waals surface area contributed by atoms with Crippen LogP contribution in [0.3, 0.4) is 0 Å². The number of nitrogens with zero attached hydrogens (tertiary/aromatic N) is 7. The zero-order valence-electron chi connectivity index (χ0n) is 22.2. The molecular formula is C29H37N7. The Kier molecular flexibility index (Phi) is 6.90. The van der Waals surface area contributed by atoms with Crippen LogP contribution >= 0.6 is 0 Å². The quantitative estimate of drug-likeness (QED) is 0.373. The molecule has 0 saturated carbocycles. The number of pyridine rings is 1. The van der Waals surface area contributed by atoms with E-state index in [4.69, 9.17) is 9.97 Å². The Morgan fingerprint density at radius 2 is 1.78 bits per heavy atom. The van der Waals surface area contributed by atoms with E-state index in [-0.39, 0.29) is 0 Å². The summed E-state index contributed by atoms with van der Waals surface area (Å²) in [6, 6.07) is 8.90. The molecule has 0 spiro atoms. The van der Waals surface area contributed by atoms with Crippen molar-refractivity contribution in [1.29, 1.82) is 0 Å². The first-order valence-corrected chi connectivity index (χ1v) is 13.1. The highest BCUT2D eigenvalue weighted by atomic mass is 15.3. The molecule has 7 heteroatoms. The minimum atomic E-state index is 0.686. The molecule has 0 radical (unpaired) electrons. The molecule has 1 aromatic carbocycles. The molecule has 7 nitrogen and oxygen atoms in total. The summed E-state index contributed by atoms with van der Waals surface area (Å²) in [5, 5.41) is 0. The van der Waals surface area contributed by atoms with Gasteiger partial charge < -0.3 is 14.4 Å². The number of hydrogen-bond donors (Lipinski definition) is 0.